The van der Waals surface area contributed by atoms with Crippen LogP contribution in [0.4, 0.5) is 0 Å². The summed E-state index contributed by atoms with van der Waals surface area (Å²) in [7, 11) is 0. The van der Waals surface area contributed by atoms with Crippen molar-refractivity contribution in [3.05, 3.63) is 54.2 Å². The zero-order valence-corrected chi connectivity index (χ0v) is 16.1. The minimum absolute atomic E-state index is 0.0775. The van der Waals surface area contributed by atoms with Crippen LogP contribution in [0.2, 0.25) is 0 Å². The first kappa shape index (κ1) is 18.3. The summed E-state index contributed by atoms with van der Waals surface area (Å²) < 4.78 is 7.12. The molecule has 0 radical (unpaired) electrons. The number of aryl methyl sites for hydroxylation is 1. The van der Waals surface area contributed by atoms with Gasteiger partial charge < -0.3 is 19.6 Å². The first-order valence-electron chi connectivity index (χ1n) is 9.55. The molecule has 2 aromatic heterocycles. The van der Waals surface area contributed by atoms with Gasteiger partial charge in [0.1, 0.15) is 6.04 Å². The number of hydrogen-bond donors (Lipinski definition) is 2. The molecular formula is C21H24N4O3. The number of imidazole rings is 1. The van der Waals surface area contributed by atoms with E-state index < -0.39 is 11.6 Å². The topological polar surface area (TPSA) is 89.2 Å². The Morgan fingerprint density at radius 2 is 2.07 bits per heavy atom. The molecule has 28 heavy (non-hydrogen) atoms. The van der Waals surface area contributed by atoms with Crippen molar-refractivity contribution in [1.29, 1.82) is 0 Å². The Hall–Kier alpha value is -3.09. The number of benzene rings is 1. The third-order valence-corrected chi connectivity index (χ3v) is 5.63. The zero-order chi connectivity index (χ0) is 19.7. The van der Waals surface area contributed by atoms with Crippen LogP contribution in [-0.2, 0) is 4.79 Å². The molecule has 0 aliphatic heterocycles. The van der Waals surface area contributed by atoms with Crippen LogP contribution in [0.25, 0.3) is 11.0 Å². The highest BCUT2D eigenvalue weighted by Crippen LogP contribution is 2.32. The fourth-order valence-corrected chi connectivity index (χ4v) is 3.66. The number of aromatic nitrogens is 2. The Kier molecular flexibility index (Phi) is 4.66. The summed E-state index contributed by atoms with van der Waals surface area (Å²) in [6, 6.07) is 9.11. The van der Waals surface area contributed by atoms with E-state index in [0.717, 1.165) is 35.9 Å². The van der Waals surface area contributed by atoms with E-state index in [1.54, 1.807) is 12.4 Å². The molecule has 1 aliphatic rings. The van der Waals surface area contributed by atoms with Crippen molar-refractivity contribution in [2.75, 3.05) is 6.54 Å². The summed E-state index contributed by atoms with van der Waals surface area (Å²) in [5.74, 6) is -0.0120. The number of para-hydroxylation sites is 2. The third kappa shape index (κ3) is 3.28. The van der Waals surface area contributed by atoms with Crippen LogP contribution >= 0.6 is 0 Å². The number of hydrogen-bond acceptors (Lipinski definition) is 4. The van der Waals surface area contributed by atoms with Gasteiger partial charge in [0.2, 0.25) is 5.91 Å². The Bertz CT molecular complexity index is 1020. The molecule has 1 aliphatic carbocycles. The van der Waals surface area contributed by atoms with Crippen LogP contribution in [0.1, 0.15) is 48.3 Å². The van der Waals surface area contributed by atoms with Crippen molar-refractivity contribution in [3.63, 3.8) is 0 Å². The van der Waals surface area contributed by atoms with E-state index in [9.17, 15) is 9.59 Å². The van der Waals surface area contributed by atoms with Gasteiger partial charge in [0.25, 0.3) is 5.91 Å². The molecule has 4 rings (SSSR count). The standard InChI is InChI=1S/C21H24N4O3/c1-14-8-11-28-18(14)20(27)22-12-21(9-5-10-21)24-19(26)15(2)25-13-23-16-6-3-4-7-17(16)25/h3-4,6-8,11,13,15H,5,9-10,12H2,1-2H3,(H,22,27)(H,24,26). The molecule has 7 heteroatoms. The second kappa shape index (κ2) is 7.14. The van der Waals surface area contributed by atoms with Crippen LogP contribution in [0.5, 0.6) is 0 Å². The van der Waals surface area contributed by atoms with E-state index in [4.69, 9.17) is 4.42 Å². The highest BCUT2D eigenvalue weighted by Gasteiger charge is 2.40. The van der Waals surface area contributed by atoms with Crippen molar-refractivity contribution >= 4 is 22.8 Å². The number of amides is 2. The number of nitrogens with zero attached hydrogens (tertiary/aromatic N) is 2. The van der Waals surface area contributed by atoms with Crippen LogP contribution < -0.4 is 10.6 Å². The van der Waals surface area contributed by atoms with Gasteiger partial charge in [-0.1, -0.05) is 12.1 Å². The fraction of sp³-hybridized carbons (Fsp3) is 0.381. The van der Waals surface area contributed by atoms with E-state index in [2.05, 4.69) is 15.6 Å². The lowest BCUT2D eigenvalue weighted by molar-refractivity contribution is -0.126. The average molecular weight is 380 g/mol. The predicted molar refractivity (Wildman–Crippen MR) is 105 cm³/mol. The summed E-state index contributed by atoms with van der Waals surface area (Å²) in [6.45, 7) is 4.08. The van der Waals surface area contributed by atoms with Crippen molar-refractivity contribution in [1.82, 2.24) is 20.2 Å². The smallest absolute Gasteiger partial charge is 0.287 e. The maximum absolute atomic E-state index is 12.9. The molecule has 2 N–H and O–H groups in total. The lowest BCUT2D eigenvalue weighted by Gasteiger charge is -2.43. The molecule has 3 aromatic rings. The third-order valence-electron chi connectivity index (χ3n) is 5.63. The van der Waals surface area contributed by atoms with E-state index in [1.165, 1.54) is 6.26 Å². The lowest BCUT2D eigenvalue weighted by Crippen LogP contribution is -2.60. The summed E-state index contributed by atoms with van der Waals surface area (Å²) in [6.07, 6.45) is 5.91. The maximum Gasteiger partial charge on any atom is 0.287 e. The van der Waals surface area contributed by atoms with Crippen LogP contribution in [0, 0.1) is 6.92 Å². The molecule has 0 saturated heterocycles. The van der Waals surface area contributed by atoms with Crippen LogP contribution in [0.15, 0.2) is 47.3 Å². The number of furan rings is 1. The molecule has 1 fully saturated rings. The largest absolute Gasteiger partial charge is 0.459 e. The maximum atomic E-state index is 12.9. The second-order valence-corrected chi connectivity index (χ2v) is 7.56. The van der Waals surface area contributed by atoms with E-state index in [0.29, 0.717) is 12.3 Å². The number of rotatable bonds is 6. The normalized spacial score (nSPS) is 16.4. The van der Waals surface area contributed by atoms with Gasteiger partial charge in [-0.25, -0.2) is 4.98 Å². The number of carbonyl (C=O) groups is 2. The number of fused-ring (bicyclic) bond motifs is 1. The van der Waals surface area contributed by atoms with Gasteiger partial charge in [-0.2, -0.15) is 0 Å². The summed E-state index contributed by atoms with van der Waals surface area (Å²) in [5.41, 5.74) is 2.18. The fourth-order valence-electron chi connectivity index (χ4n) is 3.66. The Morgan fingerprint density at radius 3 is 2.75 bits per heavy atom. The van der Waals surface area contributed by atoms with Gasteiger partial charge in [0, 0.05) is 12.1 Å². The van der Waals surface area contributed by atoms with Gasteiger partial charge in [-0.3, -0.25) is 9.59 Å². The first-order valence-corrected chi connectivity index (χ1v) is 9.55. The Balaban J connectivity index is 1.43. The molecule has 1 saturated carbocycles. The molecule has 1 atom stereocenters. The Labute approximate surface area is 163 Å². The van der Waals surface area contributed by atoms with Crippen LogP contribution in [0.3, 0.4) is 0 Å². The highest BCUT2D eigenvalue weighted by molar-refractivity contribution is 5.93. The minimum Gasteiger partial charge on any atom is -0.459 e. The van der Waals surface area contributed by atoms with Gasteiger partial charge in [-0.15, -0.1) is 0 Å². The average Bonchev–Trinajstić information content (AvgIpc) is 3.29. The summed E-state index contributed by atoms with van der Waals surface area (Å²) in [4.78, 5) is 29.6. The van der Waals surface area contributed by atoms with E-state index in [1.807, 2.05) is 42.7 Å². The minimum atomic E-state index is -0.405. The highest BCUT2D eigenvalue weighted by atomic mass is 16.3. The zero-order valence-electron chi connectivity index (χ0n) is 16.1. The molecule has 1 unspecified atom stereocenters. The van der Waals surface area contributed by atoms with Crippen molar-refractivity contribution < 1.29 is 14.0 Å². The van der Waals surface area contributed by atoms with Gasteiger partial charge >= 0.3 is 0 Å². The molecule has 2 amide bonds. The number of carbonyl (C=O) groups excluding carboxylic acids is 2. The van der Waals surface area contributed by atoms with Crippen LogP contribution in [-0.4, -0.2) is 33.4 Å². The van der Waals surface area contributed by atoms with Crippen molar-refractivity contribution in [2.24, 2.45) is 0 Å². The van der Waals surface area contributed by atoms with E-state index >= 15 is 0 Å². The SMILES string of the molecule is Cc1ccoc1C(=O)NCC1(NC(=O)C(C)n2cnc3ccccc32)CCC1. The van der Waals surface area contributed by atoms with Gasteiger partial charge in [-0.05, 0) is 51.3 Å². The predicted octanol–water partition coefficient (Wildman–Crippen LogP) is 2.97. The van der Waals surface area contributed by atoms with Gasteiger partial charge in [0.15, 0.2) is 5.76 Å². The Morgan fingerprint density at radius 1 is 1.29 bits per heavy atom. The lowest BCUT2D eigenvalue weighted by atomic mass is 9.76. The molecule has 2 heterocycles. The molecule has 0 bridgehead atoms. The second-order valence-electron chi connectivity index (χ2n) is 7.56. The summed E-state index contributed by atoms with van der Waals surface area (Å²) in [5, 5.41) is 6.08. The first-order chi connectivity index (χ1) is 13.5. The quantitative estimate of drug-likeness (QED) is 0.688. The van der Waals surface area contributed by atoms with Crippen molar-refractivity contribution in [3.8, 4) is 0 Å². The molecule has 1 aromatic carbocycles. The van der Waals surface area contributed by atoms with Crippen molar-refractivity contribution in [2.45, 2.75) is 44.7 Å². The molecule has 0 spiro atoms. The summed E-state index contributed by atoms with van der Waals surface area (Å²) >= 11 is 0. The molecular weight excluding hydrogens is 356 g/mol. The van der Waals surface area contributed by atoms with E-state index in [-0.39, 0.29) is 11.8 Å². The monoisotopic (exact) mass is 380 g/mol. The molecule has 7 nitrogen and oxygen atoms in total. The number of nitrogens with one attached hydrogen (secondary N) is 2. The van der Waals surface area contributed by atoms with Gasteiger partial charge in [0.05, 0.1) is 29.2 Å². The molecule has 146 valence electrons.